The summed E-state index contributed by atoms with van der Waals surface area (Å²) < 4.78 is 49.5. The summed E-state index contributed by atoms with van der Waals surface area (Å²) >= 11 is 0. The third kappa shape index (κ3) is 3.00. The van der Waals surface area contributed by atoms with E-state index in [2.05, 4.69) is 0 Å². The topological polar surface area (TPSA) is 93.1 Å². The Morgan fingerprint density at radius 1 is 0.931 bits per heavy atom. The number of halogens is 3. The molecule has 1 aliphatic heterocycles. The quantitative estimate of drug-likeness (QED) is 0.660. The Bertz CT molecular complexity index is 1170. The molecule has 0 aliphatic carbocycles. The predicted molar refractivity (Wildman–Crippen MR) is 94.4 cm³/mol. The van der Waals surface area contributed by atoms with Crippen molar-refractivity contribution in [2.45, 2.75) is 6.18 Å². The molecule has 29 heavy (non-hydrogen) atoms. The molecule has 0 unspecified atom stereocenters. The molecule has 6 nitrogen and oxygen atoms in total. The van der Waals surface area contributed by atoms with E-state index in [1.807, 2.05) is 0 Å². The zero-order valence-electron chi connectivity index (χ0n) is 14.4. The van der Waals surface area contributed by atoms with Crippen molar-refractivity contribution >= 4 is 22.7 Å². The first kappa shape index (κ1) is 18.6. The summed E-state index contributed by atoms with van der Waals surface area (Å²) in [4.78, 5) is 23.7. The minimum absolute atomic E-state index is 0.0523. The van der Waals surface area contributed by atoms with Crippen molar-refractivity contribution < 1.29 is 42.4 Å². The number of hydrogen-bond acceptors (Lipinski definition) is 4. The minimum atomic E-state index is -4.57. The van der Waals surface area contributed by atoms with Gasteiger partial charge < -0.3 is 19.7 Å². The van der Waals surface area contributed by atoms with Gasteiger partial charge in [0.1, 0.15) is 0 Å². The maximum Gasteiger partial charge on any atom is 0.416 e. The van der Waals surface area contributed by atoms with Gasteiger partial charge in [-0.05, 0) is 35.2 Å². The lowest BCUT2D eigenvalue weighted by Gasteiger charge is -2.16. The van der Waals surface area contributed by atoms with Crippen molar-refractivity contribution in [2.24, 2.45) is 0 Å². The van der Waals surface area contributed by atoms with Gasteiger partial charge in [-0.1, -0.05) is 18.2 Å². The van der Waals surface area contributed by atoms with Gasteiger partial charge in [-0.2, -0.15) is 13.2 Å². The first-order chi connectivity index (χ1) is 13.7. The SMILES string of the molecule is O=C(O)c1cc2ccc3c(c2c(-c2ccc(C(F)(F)F)cc2)c1C(=O)O)OCO3. The van der Waals surface area contributed by atoms with Gasteiger partial charge >= 0.3 is 18.1 Å². The first-order valence-corrected chi connectivity index (χ1v) is 8.22. The van der Waals surface area contributed by atoms with E-state index in [-0.39, 0.29) is 29.1 Å². The van der Waals surface area contributed by atoms with Crippen LogP contribution < -0.4 is 9.47 Å². The Morgan fingerprint density at radius 3 is 2.21 bits per heavy atom. The van der Waals surface area contributed by atoms with Crippen LogP contribution in [0.25, 0.3) is 21.9 Å². The van der Waals surface area contributed by atoms with Crippen LogP contribution in [0.1, 0.15) is 26.3 Å². The maximum atomic E-state index is 12.9. The van der Waals surface area contributed by atoms with Crippen molar-refractivity contribution in [1.29, 1.82) is 0 Å². The molecule has 2 N–H and O–H groups in total. The second-order valence-electron chi connectivity index (χ2n) is 6.26. The lowest BCUT2D eigenvalue weighted by atomic mass is 9.88. The Kier molecular flexibility index (Phi) is 4.11. The molecule has 0 amide bonds. The van der Waals surface area contributed by atoms with Crippen LogP contribution in [-0.2, 0) is 6.18 Å². The van der Waals surface area contributed by atoms with Crippen LogP contribution in [0.5, 0.6) is 11.5 Å². The second-order valence-corrected chi connectivity index (χ2v) is 6.26. The number of carboxylic acids is 2. The Labute approximate surface area is 160 Å². The van der Waals surface area contributed by atoms with Crippen molar-refractivity contribution in [3.05, 3.63) is 59.2 Å². The van der Waals surface area contributed by atoms with Crippen molar-refractivity contribution in [3.8, 4) is 22.6 Å². The van der Waals surface area contributed by atoms with Gasteiger partial charge in [0.15, 0.2) is 11.5 Å². The van der Waals surface area contributed by atoms with E-state index in [0.29, 0.717) is 11.1 Å². The van der Waals surface area contributed by atoms with Crippen molar-refractivity contribution in [2.75, 3.05) is 6.79 Å². The highest BCUT2D eigenvalue weighted by Crippen LogP contribution is 2.46. The lowest BCUT2D eigenvalue weighted by molar-refractivity contribution is -0.137. The van der Waals surface area contributed by atoms with Crippen LogP contribution in [0.15, 0.2) is 42.5 Å². The molecular weight excluding hydrogens is 393 g/mol. The summed E-state index contributed by atoms with van der Waals surface area (Å²) in [6.45, 7) is -0.121. The molecule has 3 aromatic carbocycles. The number of carbonyl (C=O) groups is 2. The Balaban J connectivity index is 2.12. The van der Waals surface area contributed by atoms with Gasteiger partial charge in [-0.15, -0.1) is 0 Å². The van der Waals surface area contributed by atoms with Crippen molar-refractivity contribution in [1.82, 2.24) is 0 Å². The third-order valence-corrected chi connectivity index (χ3v) is 4.59. The summed E-state index contributed by atoms with van der Waals surface area (Å²) in [5, 5.41) is 19.9. The molecule has 0 bridgehead atoms. The minimum Gasteiger partial charge on any atom is -0.478 e. The fourth-order valence-corrected chi connectivity index (χ4v) is 3.36. The molecule has 0 fully saturated rings. The molecule has 1 heterocycles. The molecule has 4 rings (SSSR count). The van der Waals surface area contributed by atoms with E-state index in [0.717, 1.165) is 24.3 Å². The van der Waals surface area contributed by atoms with E-state index < -0.39 is 34.8 Å². The highest BCUT2D eigenvalue weighted by Gasteiger charge is 2.32. The first-order valence-electron chi connectivity index (χ1n) is 8.22. The highest BCUT2D eigenvalue weighted by molar-refractivity contribution is 6.16. The summed E-state index contributed by atoms with van der Waals surface area (Å²) in [7, 11) is 0. The van der Waals surface area contributed by atoms with Crippen LogP contribution in [0, 0.1) is 0 Å². The average molecular weight is 404 g/mol. The number of alkyl halides is 3. The van der Waals surface area contributed by atoms with Gasteiger partial charge in [0.25, 0.3) is 0 Å². The van der Waals surface area contributed by atoms with Gasteiger partial charge in [0.05, 0.1) is 16.7 Å². The van der Waals surface area contributed by atoms with E-state index in [9.17, 15) is 33.0 Å². The maximum absolute atomic E-state index is 12.9. The van der Waals surface area contributed by atoms with Gasteiger partial charge in [-0.3, -0.25) is 0 Å². The number of ether oxygens (including phenoxy) is 2. The van der Waals surface area contributed by atoms with Gasteiger partial charge in [0.2, 0.25) is 6.79 Å². The molecule has 148 valence electrons. The van der Waals surface area contributed by atoms with Gasteiger partial charge in [-0.25, -0.2) is 9.59 Å². The molecule has 1 aliphatic rings. The molecule has 3 aromatic rings. The van der Waals surface area contributed by atoms with Crippen LogP contribution in [-0.4, -0.2) is 28.9 Å². The van der Waals surface area contributed by atoms with E-state index in [1.54, 1.807) is 6.07 Å². The summed E-state index contributed by atoms with van der Waals surface area (Å²) in [6.07, 6.45) is -4.57. The van der Waals surface area contributed by atoms with Crippen LogP contribution >= 0.6 is 0 Å². The molecule has 0 saturated heterocycles. The Morgan fingerprint density at radius 2 is 1.62 bits per heavy atom. The molecular formula is C20H11F3O6. The Hall–Kier alpha value is -3.75. The van der Waals surface area contributed by atoms with Crippen LogP contribution in [0.3, 0.4) is 0 Å². The van der Waals surface area contributed by atoms with Crippen LogP contribution in [0.2, 0.25) is 0 Å². The smallest absolute Gasteiger partial charge is 0.416 e. The summed E-state index contributed by atoms with van der Waals surface area (Å²) in [5.41, 5.74) is -1.90. The largest absolute Gasteiger partial charge is 0.478 e. The monoisotopic (exact) mass is 404 g/mol. The molecule has 0 saturated carbocycles. The van der Waals surface area contributed by atoms with E-state index >= 15 is 0 Å². The zero-order valence-corrected chi connectivity index (χ0v) is 14.4. The molecule has 0 radical (unpaired) electrons. The molecule has 0 spiro atoms. The van der Waals surface area contributed by atoms with E-state index in [1.165, 1.54) is 12.1 Å². The zero-order chi connectivity index (χ0) is 20.9. The number of benzene rings is 3. The fourth-order valence-electron chi connectivity index (χ4n) is 3.36. The highest BCUT2D eigenvalue weighted by atomic mass is 19.4. The van der Waals surface area contributed by atoms with E-state index in [4.69, 9.17) is 9.47 Å². The molecule has 0 atom stereocenters. The van der Waals surface area contributed by atoms with Crippen LogP contribution in [0.4, 0.5) is 13.2 Å². The predicted octanol–water partition coefficient (Wildman–Crippen LogP) is 4.65. The number of aromatic carboxylic acids is 2. The molecule has 9 heteroatoms. The lowest BCUT2D eigenvalue weighted by Crippen LogP contribution is -2.11. The summed E-state index contributed by atoms with van der Waals surface area (Å²) in [5.74, 6) is -2.48. The van der Waals surface area contributed by atoms with Crippen molar-refractivity contribution in [3.63, 3.8) is 0 Å². The standard InChI is InChI=1S/C20H11F3O6/c21-20(22,23)11-4-1-9(2-5-11)14-15-10(3-6-13-17(15)29-8-28-13)7-12(18(24)25)16(14)19(26)27/h1-7H,8H2,(H,24,25)(H,26,27). The number of fused-ring (bicyclic) bond motifs is 3. The normalized spacial score (nSPS) is 12.9. The average Bonchev–Trinajstić information content (AvgIpc) is 3.14. The fraction of sp³-hybridized carbons (Fsp3) is 0.100. The number of hydrogen-bond donors (Lipinski definition) is 2. The number of carboxylic acid groups (broad SMARTS) is 2. The third-order valence-electron chi connectivity index (χ3n) is 4.59. The van der Waals surface area contributed by atoms with Gasteiger partial charge in [0, 0.05) is 10.9 Å². The molecule has 0 aromatic heterocycles. The number of rotatable bonds is 3. The summed E-state index contributed by atoms with van der Waals surface area (Å²) in [6, 6.07) is 8.09. The second kappa shape index (κ2) is 6.40.